The van der Waals surface area contributed by atoms with Gasteiger partial charge < -0.3 is 15.4 Å². The minimum Gasteiger partial charge on any atom is -0.469 e. The molecule has 17 heavy (non-hydrogen) atoms. The third-order valence-electron chi connectivity index (χ3n) is 3.44. The molecular formula is C11H18N2O3S. The Morgan fingerprint density at radius 3 is 2.94 bits per heavy atom. The van der Waals surface area contributed by atoms with Crippen molar-refractivity contribution in [3.05, 3.63) is 0 Å². The molecule has 5 nitrogen and oxygen atoms in total. The number of methoxy groups -OCH3 is 1. The van der Waals surface area contributed by atoms with Crippen molar-refractivity contribution in [2.24, 2.45) is 17.6 Å². The molecule has 1 aliphatic heterocycles. The third kappa shape index (κ3) is 2.93. The average Bonchev–Trinajstić information content (AvgIpc) is 2.88. The van der Waals surface area contributed by atoms with E-state index in [4.69, 9.17) is 5.73 Å². The summed E-state index contributed by atoms with van der Waals surface area (Å²) in [5, 5.41) is 0. The van der Waals surface area contributed by atoms with Crippen LogP contribution in [0.5, 0.6) is 0 Å². The Balaban J connectivity index is 1.79. The molecule has 2 fully saturated rings. The molecule has 0 bridgehead atoms. The molecular weight excluding hydrogens is 240 g/mol. The summed E-state index contributed by atoms with van der Waals surface area (Å²) in [5.41, 5.74) is 5.96. The predicted molar refractivity (Wildman–Crippen MR) is 65.2 cm³/mol. The van der Waals surface area contributed by atoms with Crippen LogP contribution in [-0.2, 0) is 14.3 Å². The number of carbonyl (C=O) groups excluding carboxylic acids is 2. The zero-order valence-corrected chi connectivity index (χ0v) is 10.7. The first kappa shape index (κ1) is 12.7. The molecule has 96 valence electrons. The Hall–Kier alpha value is -0.750. The van der Waals surface area contributed by atoms with Crippen LogP contribution in [0.25, 0.3) is 0 Å². The van der Waals surface area contributed by atoms with E-state index in [9.17, 15) is 9.59 Å². The molecule has 2 aliphatic rings. The third-order valence-corrected chi connectivity index (χ3v) is 4.41. The molecule has 1 aliphatic carbocycles. The van der Waals surface area contributed by atoms with Crippen LogP contribution in [0.4, 0.5) is 0 Å². The molecule has 0 aromatic rings. The highest BCUT2D eigenvalue weighted by Crippen LogP contribution is 2.43. The van der Waals surface area contributed by atoms with E-state index in [0.717, 1.165) is 24.6 Å². The SMILES string of the molecule is COC(=O)CC1CC1C(N)C(=O)N1CCSC1. The molecule has 0 radical (unpaired) electrons. The topological polar surface area (TPSA) is 72.6 Å². The van der Waals surface area contributed by atoms with Crippen LogP contribution in [0.2, 0.25) is 0 Å². The van der Waals surface area contributed by atoms with Gasteiger partial charge in [0, 0.05) is 18.7 Å². The van der Waals surface area contributed by atoms with Crippen molar-refractivity contribution >= 4 is 23.6 Å². The molecule has 2 rings (SSSR count). The van der Waals surface area contributed by atoms with Gasteiger partial charge in [-0.3, -0.25) is 9.59 Å². The van der Waals surface area contributed by atoms with Crippen molar-refractivity contribution in [1.29, 1.82) is 0 Å². The van der Waals surface area contributed by atoms with Crippen LogP contribution in [-0.4, -0.2) is 48.1 Å². The van der Waals surface area contributed by atoms with Gasteiger partial charge in [-0.1, -0.05) is 0 Å². The smallest absolute Gasteiger partial charge is 0.305 e. The number of ether oxygens (including phenoxy) is 1. The number of carbonyl (C=O) groups is 2. The Labute approximate surface area is 105 Å². The van der Waals surface area contributed by atoms with Crippen molar-refractivity contribution < 1.29 is 14.3 Å². The van der Waals surface area contributed by atoms with E-state index in [1.807, 2.05) is 4.90 Å². The van der Waals surface area contributed by atoms with Gasteiger partial charge in [-0.2, -0.15) is 0 Å². The number of esters is 1. The van der Waals surface area contributed by atoms with Gasteiger partial charge in [0.15, 0.2) is 0 Å². The predicted octanol–water partition coefficient (Wildman–Crippen LogP) is 0.0458. The van der Waals surface area contributed by atoms with E-state index in [0.29, 0.717) is 6.42 Å². The first-order valence-corrected chi connectivity index (χ1v) is 6.98. The number of hydrogen-bond acceptors (Lipinski definition) is 5. The molecule has 3 unspecified atom stereocenters. The van der Waals surface area contributed by atoms with E-state index in [1.54, 1.807) is 11.8 Å². The molecule has 0 spiro atoms. The monoisotopic (exact) mass is 258 g/mol. The molecule has 6 heteroatoms. The number of nitrogens with zero attached hydrogens (tertiary/aromatic N) is 1. The summed E-state index contributed by atoms with van der Waals surface area (Å²) in [5.74, 6) is 1.96. The highest BCUT2D eigenvalue weighted by atomic mass is 32.2. The Kier molecular flexibility index (Phi) is 3.93. The number of rotatable bonds is 4. The van der Waals surface area contributed by atoms with Gasteiger partial charge in [0.1, 0.15) is 0 Å². The molecule has 0 aromatic carbocycles. The molecule has 1 heterocycles. The lowest BCUT2D eigenvalue weighted by Crippen LogP contribution is -2.44. The molecule has 1 saturated carbocycles. The summed E-state index contributed by atoms with van der Waals surface area (Å²) in [6, 6.07) is -0.441. The van der Waals surface area contributed by atoms with Gasteiger partial charge in [0.2, 0.25) is 5.91 Å². The summed E-state index contributed by atoms with van der Waals surface area (Å²) in [6.45, 7) is 0.797. The molecule has 1 saturated heterocycles. The van der Waals surface area contributed by atoms with Crippen molar-refractivity contribution in [1.82, 2.24) is 4.90 Å². The quantitative estimate of drug-likeness (QED) is 0.721. The van der Waals surface area contributed by atoms with Gasteiger partial charge >= 0.3 is 5.97 Å². The first-order chi connectivity index (χ1) is 8.13. The van der Waals surface area contributed by atoms with Crippen LogP contribution in [0.15, 0.2) is 0 Å². The maximum atomic E-state index is 12.0. The lowest BCUT2D eigenvalue weighted by Gasteiger charge is -2.19. The van der Waals surface area contributed by atoms with E-state index >= 15 is 0 Å². The van der Waals surface area contributed by atoms with Crippen molar-refractivity contribution in [3.63, 3.8) is 0 Å². The summed E-state index contributed by atoms with van der Waals surface area (Å²) in [6.07, 6.45) is 1.25. The van der Waals surface area contributed by atoms with Gasteiger partial charge in [0.25, 0.3) is 0 Å². The van der Waals surface area contributed by atoms with Gasteiger partial charge in [-0.15, -0.1) is 11.8 Å². The Morgan fingerprint density at radius 2 is 2.35 bits per heavy atom. The highest BCUT2D eigenvalue weighted by Gasteiger charge is 2.46. The van der Waals surface area contributed by atoms with Crippen LogP contribution < -0.4 is 5.73 Å². The maximum absolute atomic E-state index is 12.0. The van der Waals surface area contributed by atoms with Gasteiger partial charge in [0.05, 0.1) is 19.0 Å². The standard InChI is InChI=1S/C11H18N2O3S/c1-16-9(14)5-7-4-8(7)10(12)11(15)13-2-3-17-6-13/h7-8,10H,2-6,12H2,1H3. The molecule has 0 aromatic heterocycles. The summed E-state index contributed by atoms with van der Waals surface area (Å²) in [4.78, 5) is 24.9. The number of amides is 1. The van der Waals surface area contributed by atoms with Crippen LogP contribution in [0.1, 0.15) is 12.8 Å². The largest absolute Gasteiger partial charge is 0.469 e. The van der Waals surface area contributed by atoms with Crippen molar-refractivity contribution in [2.75, 3.05) is 25.3 Å². The van der Waals surface area contributed by atoms with E-state index in [-0.39, 0.29) is 23.7 Å². The molecule has 3 atom stereocenters. The normalized spacial score (nSPS) is 28.9. The van der Waals surface area contributed by atoms with Gasteiger partial charge in [-0.05, 0) is 18.3 Å². The fourth-order valence-electron chi connectivity index (χ4n) is 2.22. The lowest BCUT2D eigenvalue weighted by molar-refractivity contribution is -0.141. The van der Waals surface area contributed by atoms with E-state index < -0.39 is 6.04 Å². The van der Waals surface area contributed by atoms with E-state index in [1.165, 1.54) is 7.11 Å². The van der Waals surface area contributed by atoms with Crippen LogP contribution >= 0.6 is 11.8 Å². The van der Waals surface area contributed by atoms with Crippen LogP contribution in [0.3, 0.4) is 0 Å². The maximum Gasteiger partial charge on any atom is 0.305 e. The summed E-state index contributed by atoms with van der Waals surface area (Å²) in [7, 11) is 1.38. The number of thioether (sulfide) groups is 1. The fourth-order valence-corrected chi connectivity index (χ4v) is 3.18. The minimum absolute atomic E-state index is 0.0346. The summed E-state index contributed by atoms with van der Waals surface area (Å²) >= 11 is 1.75. The zero-order valence-electron chi connectivity index (χ0n) is 9.93. The van der Waals surface area contributed by atoms with Crippen molar-refractivity contribution in [2.45, 2.75) is 18.9 Å². The zero-order chi connectivity index (χ0) is 12.4. The van der Waals surface area contributed by atoms with Crippen molar-refractivity contribution in [3.8, 4) is 0 Å². The second-order valence-corrected chi connectivity index (χ2v) is 5.68. The second-order valence-electron chi connectivity index (χ2n) is 4.60. The second kappa shape index (κ2) is 5.27. The Morgan fingerprint density at radius 1 is 1.59 bits per heavy atom. The Bertz CT molecular complexity index is 318. The number of nitrogens with two attached hydrogens (primary N) is 1. The average molecular weight is 258 g/mol. The fraction of sp³-hybridized carbons (Fsp3) is 0.818. The number of hydrogen-bond donors (Lipinski definition) is 1. The lowest BCUT2D eigenvalue weighted by atomic mass is 10.1. The first-order valence-electron chi connectivity index (χ1n) is 5.82. The molecule has 2 N–H and O–H groups in total. The van der Waals surface area contributed by atoms with Gasteiger partial charge in [-0.25, -0.2) is 0 Å². The van der Waals surface area contributed by atoms with E-state index in [2.05, 4.69) is 4.74 Å². The highest BCUT2D eigenvalue weighted by molar-refractivity contribution is 7.99. The van der Waals surface area contributed by atoms with Crippen LogP contribution in [0, 0.1) is 11.8 Å². The summed E-state index contributed by atoms with van der Waals surface area (Å²) < 4.78 is 4.61. The minimum atomic E-state index is -0.441. The molecule has 1 amide bonds.